The molecule has 0 aromatic heterocycles. The maximum Gasteiger partial charge on any atom is 0.130 e. The summed E-state index contributed by atoms with van der Waals surface area (Å²) in [7, 11) is 0. The Bertz CT molecular complexity index is 549. The Hall–Kier alpha value is -1.61. The van der Waals surface area contributed by atoms with Crippen molar-refractivity contribution in [3.63, 3.8) is 0 Å². The van der Waals surface area contributed by atoms with Crippen LogP contribution in [0.3, 0.4) is 0 Å². The third-order valence-corrected chi connectivity index (χ3v) is 2.67. The van der Waals surface area contributed by atoms with Crippen LogP contribution in [0.1, 0.15) is 5.56 Å². The molecular weight excluding hydrogens is 216 g/mol. The molecule has 0 unspecified atom stereocenters. The molecule has 4 heteroatoms. The average molecular weight is 225 g/mol. The molecule has 0 aliphatic carbocycles. The van der Waals surface area contributed by atoms with Gasteiger partial charge in [-0.25, -0.2) is 0 Å². The van der Waals surface area contributed by atoms with Crippen molar-refractivity contribution in [2.75, 3.05) is 0 Å². The molecule has 0 saturated heterocycles. The minimum atomic E-state index is -0.106. The zero-order valence-corrected chi connectivity index (χ0v) is 8.71. The first kappa shape index (κ1) is 9.93. The second kappa shape index (κ2) is 3.21. The number of hydrogen-bond acceptors (Lipinski definition) is 3. The van der Waals surface area contributed by atoms with Crippen LogP contribution in [-0.4, -0.2) is 15.3 Å². The molecule has 78 valence electrons. The van der Waals surface area contributed by atoms with E-state index in [1.165, 1.54) is 18.2 Å². The van der Waals surface area contributed by atoms with E-state index in [1.807, 2.05) is 0 Å². The molecule has 2 rings (SSSR count). The Morgan fingerprint density at radius 2 is 1.67 bits per heavy atom. The lowest BCUT2D eigenvalue weighted by Crippen LogP contribution is -1.82. The van der Waals surface area contributed by atoms with Crippen LogP contribution in [0.15, 0.2) is 18.2 Å². The summed E-state index contributed by atoms with van der Waals surface area (Å²) in [6.45, 7) is 1.63. The Morgan fingerprint density at radius 1 is 1.00 bits per heavy atom. The highest BCUT2D eigenvalue weighted by molar-refractivity contribution is 6.36. The number of aromatic hydroxyl groups is 3. The summed E-state index contributed by atoms with van der Waals surface area (Å²) in [5, 5.41) is 29.8. The summed E-state index contributed by atoms with van der Waals surface area (Å²) in [4.78, 5) is 0. The van der Waals surface area contributed by atoms with Gasteiger partial charge in [-0.15, -0.1) is 0 Å². The molecule has 0 spiro atoms. The largest absolute Gasteiger partial charge is 0.507 e. The normalized spacial score (nSPS) is 10.8. The zero-order valence-electron chi connectivity index (χ0n) is 7.95. The van der Waals surface area contributed by atoms with E-state index in [-0.39, 0.29) is 33.0 Å². The maximum absolute atomic E-state index is 9.76. The van der Waals surface area contributed by atoms with E-state index in [1.54, 1.807) is 6.92 Å². The fourth-order valence-corrected chi connectivity index (χ4v) is 1.85. The van der Waals surface area contributed by atoms with Gasteiger partial charge in [-0.3, -0.25) is 0 Å². The van der Waals surface area contributed by atoms with Crippen LogP contribution in [0.25, 0.3) is 10.8 Å². The molecule has 0 fully saturated rings. The first-order chi connectivity index (χ1) is 7.02. The van der Waals surface area contributed by atoms with Gasteiger partial charge in [0.05, 0.1) is 10.4 Å². The van der Waals surface area contributed by atoms with Gasteiger partial charge >= 0.3 is 0 Å². The number of benzene rings is 2. The minimum absolute atomic E-state index is 0.0544. The Balaban J connectivity index is 3.08. The molecule has 0 aliphatic rings. The molecular formula is C11H9ClO3. The summed E-state index contributed by atoms with van der Waals surface area (Å²) in [6.07, 6.45) is 0. The van der Waals surface area contributed by atoms with Gasteiger partial charge in [-0.2, -0.15) is 0 Å². The predicted octanol–water partition coefficient (Wildman–Crippen LogP) is 2.92. The van der Waals surface area contributed by atoms with E-state index < -0.39 is 0 Å². The van der Waals surface area contributed by atoms with Gasteiger partial charge in [0.1, 0.15) is 17.2 Å². The number of rotatable bonds is 0. The van der Waals surface area contributed by atoms with Crippen molar-refractivity contribution >= 4 is 22.4 Å². The third-order valence-electron chi connectivity index (χ3n) is 2.35. The predicted molar refractivity (Wildman–Crippen MR) is 58.7 cm³/mol. The van der Waals surface area contributed by atoms with Crippen LogP contribution < -0.4 is 0 Å². The van der Waals surface area contributed by atoms with E-state index in [4.69, 9.17) is 11.6 Å². The van der Waals surface area contributed by atoms with Crippen LogP contribution in [-0.2, 0) is 0 Å². The SMILES string of the molecule is Cc1cc(O)c2c(Cl)ccc(O)c2c1O. The summed E-state index contributed by atoms with van der Waals surface area (Å²) in [5.74, 6) is -0.227. The molecule has 2 aromatic rings. The van der Waals surface area contributed by atoms with Gasteiger partial charge in [-0.1, -0.05) is 11.6 Å². The molecule has 15 heavy (non-hydrogen) atoms. The molecule has 0 aliphatic heterocycles. The first-order valence-electron chi connectivity index (χ1n) is 4.35. The molecule has 3 N–H and O–H groups in total. The molecule has 0 saturated carbocycles. The number of phenols is 3. The van der Waals surface area contributed by atoms with Crippen molar-refractivity contribution in [3.8, 4) is 17.2 Å². The number of hydrogen-bond donors (Lipinski definition) is 3. The van der Waals surface area contributed by atoms with Crippen molar-refractivity contribution < 1.29 is 15.3 Å². The Kier molecular flexibility index (Phi) is 2.12. The minimum Gasteiger partial charge on any atom is -0.507 e. The quantitative estimate of drug-likeness (QED) is 0.603. The van der Waals surface area contributed by atoms with E-state index in [0.29, 0.717) is 5.56 Å². The molecule has 2 aromatic carbocycles. The molecule has 3 nitrogen and oxygen atoms in total. The topological polar surface area (TPSA) is 60.7 Å². The van der Waals surface area contributed by atoms with Gasteiger partial charge in [0.15, 0.2) is 0 Å². The van der Waals surface area contributed by atoms with Crippen LogP contribution in [0.2, 0.25) is 5.02 Å². The summed E-state index contributed by atoms with van der Waals surface area (Å²) < 4.78 is 0. The number of phenolic OH excluding ortho intramolecular Hbond substituents is 3. The van der Waals surface area contributed by atoms with Crippen molar-refractivity contribution in [1.29, 1.82) is 0 Å². The second-order valence-electron chi connectivity index (χ2n) is 3.38. The highest BCUT2D eigenvalue weighted by Crippen LogP contribution is 2.43. The van der Waals surface area contributed by atoms with E-state index in [0.717, 1.165) is 0 Å². The van der Waals surface area contributed by atoms with Crippen LogP contribution in [0.5, 0.6) is 17.2 Å². The van der Waals surface area contributed by atoms with Gasteiger partial charge in [-0.05, 0) is 30.7 Å². The lowest BCUT2D eigenvalue weighted by molar-refractivity contribution is 0.455. The fraction of sp³-hybridized carbons (Fsp3) is 0.0909. The van der Waals surface area contributed by atoms with Crippen molar-refractivity contribution in [3.05, 3.63) is 28.8 Å². The highest BCUT2D eigenvalue weighted by Gasteiger charge is 2.14. The number of fused-ring (bicyclic) bond motifs is 1. The summed E-state index contributed by atoms with van der Waals surface area (Å²) in [5.41, 5.74) is 0.484. The van der Waals surface area contributed by atoms with Crippen molar-refractivity contribution in [1.82, 2.24) is 0 Å². The number of aryl methyl sites for hydroxylation is 1. The molecule has 0 heterocycles. The van der Waals surface area contributed by atoms with Crippen LogP contribution >= 0.6 is 11.6 Å². The second-order valence-corrected chi connectivity index (χ2v) is 3.78. The smallest absolute Gasteiger partial charge is 0.130 e. The number of halogens is 1. The lowest BCUT2D eigenvalue weighted by Gasteiger charge is -2.09. The maximum atomic E-state index is 9.76. The van der Waals surface area contributed by atoms with E-state index >= 15 is 0 Å². The molecule has 0 atom stereocenters. The zero-order chi connectivity index (χ0) is 11.2. The standard InChI is InChI=1S/C11H9ClO3/c1-5-4-8(14)9-6(12)2-3-7(13)10(9)11(5)15/h2-4,13-15H,1H3. The van der Waals surface area contributed by atoms with E-state index in [2.05, 4.69) is 0 Å². The fourth-order valence-electron chi connectivity index (χ4n) is 1.60. The van der Waals surface area contributed by atoms with Crippen LogP contribution in [0, 0.1) is 6.92 Å². The van der Waals surface area contributed by atoms with Crippen LogP contribution in [0.4, 0.5) is 0 Å². The monoisotopic (exact) mass is 224 g/mol. The van der Waals surface area contributed by atoms with Crippen molar-refractivity contribution in [2.45, 2.75) is 6.92 Å². The Morgan fingerprint density at radius 3 is 2.33 bits per heavy atom. The Labute approximate surface area is 91.2 Å². The highest BCUT2D eigenvalue weighted by atomic mass is 35.5. The van der Waals surface area contributed by atoms with Gasteiger partial charge in [0.2, 0.25) is 0 Å². The first-order valence-corrected chi connectivity index (χ1v) is 4.73. The van der Waals surface area contributed by atoms with Gasteiger partial charge in [0, 0.05) is 5.39 Å². The lowest BCUT2D eigenvalue weighted by atomic mass is 10.0. The molecule has 0 radical (unpaired) electrons. The van der Waals surface area contributed by atoms with E-state index in [9.17, 15) is 15.3 Å². The molecule has 0 bridgehead atoms. The van der Waals surface area contributed by atoms with Crippen molar-refractivity contribution in [2.24, 2.45) is 0 Å². The summed E-state index contributed by atoms with van der Waals surface area (Å²) in [6, 6.07) is 4.25. The molecule has 0 amide bonds. The van der Waals surface area contributed by atoms with Gasteiger partial charge < -0.3 is 15.3 Å². The third kappa shape index (κ3) is 1.36. The van der Waals surface area contributed by atoms with Gasteiger partial charge in [0.25, 0.3) is 0 Å². The summed E-state index contributed by atoms with van der Waals surface area (Å²) >= 11 is 5.88. The average Bonchev–Trinajstić information content (AvgIpc) is 2.18.